The topological polar surface area (TPSA) is 98.2 Å². The lowest BCUT2D eigenvalue weighted by atomic mass is 10.3. The van der Waals surface area contributed by atoms with E-state index in [1.165, 1.54) is 24.3 Å². The van der Waals surface area contributed by atoms with E-state index in [9.17, 15) is 8.42 Å². The second-order valence-corrected chi connectivity index (χ2v) is 5.91. The molecular weight excluding hydrogens is 266 g/mol. The predicted molar refractivity (Wildman–Crippen MR) is 70.9 cm³/mol. The zero-order valence-corrected chi connectivity index (χ0v) is 11.5. The van der Waals surface area contributed by atoms with Gasteiger partial charge in [-0.15, -0.1) is 0 Å². The molecule has 0 unspecified atom stereocenters. The minimum absolute atomic E-state index is 0.0153. The lowest BCUT2D eigenvalue weighted by Gasteiger charge is -2.04. The number of benzene rings is 1. The van der Waals surface area contributed by atoms with E-state index in [0.717, 1.165) is 5.69 Å². The van der Waals surface area contributed by atoms with Gasteiger partial charge in [-0.2, -0.15) is 0 Å². The molecule has 0 atom stereocenters. The average molecular weight is 281 g/mol. The van der Waals surface area contributed by atoms with Crippen molar-refractivity contribution < 1.29 is 12.8 Å². The Morgan fingerprint density at radius 2 is 1.89 bits per heavy atom. The van der Waals surface area contributed by atoms with E-state index in [-0.39, 0.29) is 11.4 Å². The van der Waals surface area contributed by atoms with Crippen LogP contribution in [0.4, 0.5) is 5.69 Å². The number of nitrogens with one attached hydrogen (secondary N) is 1. The maximum absolute atomic E-state index is 12.0. The van der Waals surface area contributed by atoms with Crippen LogP contribution in [0, 0.1) is 13.8 Å². The van der Waals surface area contributed by atoms with Crippen molar-refractivity contribution in [2.75, 3.05) is 5.73 Å². The number of oxazole rings is 1. The van der Waals surface area contributed by atoms with Crippen molar-refractivity contribution in [1.82, 2.24) is 9.71 Å². The molecule has 2 rings (SSSR count). The van der Waals surface area contributed by atoms with Crippen molar-refractivity contribution in [3.63, 3.8) is 0 Å². The zero-order chi connectivity index (χ0) is 14.0. The number of nitrogens with two attached hydrogens (primary N) is 1. The summed E-state index contributed by atoms with van der Waals surface area (Å²) in [5.74, 6) is 1.02. The lowest BCUT2D eigenvalue weighted by molar-refractivity contribution is 0.463. The number of hydrogen-bond acceptors (Lipinski definition) is 5. The second-order valence-electron chi connectivity index (χ2n) is 4.14. The summed E-state index contributed by atoms with van der Waals surface area (Å²) in [5, 5.41) is 0. The van der Waals surface area contributed by atoms with Crippen molar-refractivity contribution in [2.45, 2.75) is 25.3 Å². The van der Waals surface area contributed by atoms with Crippen LogP contribution in [0.3, 0.4) is 0 Å². The minimum atomic E-state index is -3.58. The van der Waals surface area contributed by atoms with Crippen molar-refractivity contribution in [1.29, 1.82) is 0 Å². The molecule has 3 N–H and O–H groups in total. The second kappa shape index (κ2) is 5.02. The molecule has 0 aliphatic heterocycles. The first-order valence-electron chi connectivity index (χ1n) is 5.66. The standard InChI is InChI=1S/C12H15N3O3S/c1-8-9(2)18-12(15-8)7-14-19(16,17)11-5-3-10(13)4-6-11/h3-6,14H,7,13H2,1-2H3. The first kappa shape index (κ1) is 13.6. The third kappa shape index (κ3) is 3.12. The maximum Gasteiger partial charge on any atom is 0.241 e. The molecule has 1 aromatic heterocycles. The van der Waals surface area contributed by atoms with Crippen LogP contribution in [-0.2, 0) is 16.6 Å². The molecular formula is C12H15N3O3S. The van der Waals surface area contributed by atoms with Crippen LogP contribution in [0.15, 0.2) is 33.6 Å². The number of hydrogen-bond donors (Lipinski definition) is 2. The Kier molecular flexibility index (Phi) is 3.59. The first-order valence-corrected chi connectivity index (χ1v) is 7.15. The Morgan fingerprint density at radius 1 is 1.26 bits per heavy atom. The quantitative estimate of drug-likeness (QED) is 0.824. The molecule has 0 radical (unpaired) electrons. The van der Waals surface area contributed by atoms with E-state index in [1.807, 2.05) is 0 Å². The molecule has 0 saturated heterocycles. The molecule has 102 valence electrons. The number of aromatic nitrogens is 1. The summed E-state index contributed by atoms with van der Waals surface area (Å²) in [6, 6.07) is 5.97. The van der Waals surface area contributed by atoms with Gasteiger partial charge in [-0.25, -0.2) is 18.1 Å². The number of sulfonamides is 1. The zero-order valence-electron chi connectivity index (χ0n) is 10.7. The van der Waals surface area contributed by atoms with Gasteiger partial charge in [0, 0.05) is 5.69 Å². The van der Waals surface area contributed by atoms with Gasteiger partial charge in [-0.1, -0.05) is 0 Å². The highest BCUT2D eigenvalue weighted by molar-refractivity contribution is 7.89. The van der Waals surface area contributed by atoms with Crippen LogP contribution in [0.2, 0.25) is 0 Å². The Morgan fingerprint density at radius 3 is 2.42 bits per heavy atom. The monoisotopic (exact) mass is 281 g/mol. The van der Waals surface area contributed by atoms with E-state index in [2.05, 4.69) is 9.71 Å². The normalized spacial score (nSPS) is 11.7. The highest BCUT2D eigenvalue weighted by atomic mass is 32.2. The SMILES string of the molecule is Cc1nc(CNS(=O)(=O)c2ccc(N)cc2)oc1C. The summed E-state index contributed by atoms with van der Waals surface area (Å²) >= 11 is 0. The maximum atomic E-state index is 12.0. The largest absolute Gasteiger partial charge is 0.444 e. The third-order valence-electron chi connectivity index (χ3n) is 2.68. The van der Waals surface area contributed by atoms with Crippen molar-refractivity contribution >= 4 is 15.7 Å². The van der Waals surface area contributed by atoms with E-state index >= 15 is 0 Å². The lowest BCUT2D eigenvalue weighted by Crippen LogP contribution is -2.23. The van der Waals surface area contributed by atoms with Crippen molar-refractivity contribution in [2.24, 2.45) is 0 Å². The molecule has 6 nitrogen and oxygen atoms in total. The fraction of sp³-hybridized carbons (Fsp3) is 0.250. The molecule has 1 heterocycles. The Bertz CT molecular complexity index is 655. The predicted octanol–water partition coefficient (Wildman–Crippen LogP) is 1.35. The molecule has 1 aromatic carbocycles. The highest BCUT2D eigenvalue weighted by Crippen LogP contribution is 2.13. The van der Waals surface area contributed by atoms with Gasteiger partial charge >= 0.3 is 0 Å². The minimum Gasteiger partial charge on any atom is -0.444 e. The molecule has 0 saturated carbocycles. The summed E-state index contributed by atoms with van der Waals surface area (Å²) in [7, 11) is -3.58. The number of nitrogens with zero attached hydrogens (tertiary/aromatic N) is 1. The first-order chi connectivity index (χ1) is 8.88. The van der Waals surface area contributed by atoms with Gasteiger partial charge in [0.2, 0.25) is 15.9 Å². The number of nitrogen functional groups attached to an aromatic ring is 1. The molecule has 0 aliphatic carbocycles. The van der Waals surface area contributed by atoms with Gasteiger partial charge in [0.25, 0.3) is 0 Å². The number of rotatable bonds is 4. The van der Waals surface area contributed by atoms with E-state index in [0.29, 0.717) is 17.3 Å². The van der Waals surface area contributed by atoms with E-state index < -0.39 is 10.0 Å². The average Bonchev–Trinajstić information content (AvgIpc) is 2.67. The third-order valence-corrected chi connectivity index (χ3v) is 4.09. The van der Waals surface area contributed by atoms with Crippen LogP contribution in [0.1, 0.15) is 17.3 Å². The smallest absolute Gasteiger partial charge is 0.241 e. The van der Waals surface area contributed by atoms with Gasteiger partial charge in [0.05, 0.1) is 17.1 Å². The molecule has 0 spiro atoms. The summed E-state index contributed by atoms with van der Waals surface area (Å²) in [4.78, 5) is 4.26. The molecule has 0 bridgehead atoms. The molecule has 2 aromatic rings. The van der Waals surface area contributed by atoms with Crippen LogP contribution < -0.4 is 10.5 Å². The van der Waals surface area contributed by atoms with Gasteiger partial charge < -0.3 is 10.2 Å². The van der Waals surface area contributed by atoms with Gasteiger partial charge in [-0.3, -0.25) is 0 Å². The molecule has 0 amide bonds. The van der Waals surface area contributed by atoms with Crippen LogP contribution >= 0.6 is 0 Å². The van der Waals surface area contributed by atoms with Crippen molar-refractivity contribution in [3.8, 4) is 0 Å². The van der Waals surface area contributed by atoms with Crippen LogP contribution in [-0.4, -0.2) is 13.4 Å². The van der Waals surface area contributed by atoms with Crippen LogP contribution in [0.5, 0.6) is 0 Å². The van der Waals surface area contributed by atoms with Crippen LogP contribution in [0.25, 0.3) is 0 Å². The Labute approximate surface area is 111 Å². The fourth-order valence-corrected chi connectivity index (χ4v) is 2.48. The highest BCUT2D eigenvalue weighted by Gasteiger charge is 2.15. The number of anilines is 1. The van der Waals surface area contributed by atoms with Gasteiger partial charge in [0.1, 0.15) is 5.76 Å². The summed E-state index contributed by atoms with van der Waals surface area (Å²) < 4.78 is 31.7. The molecule has 19 heavy (non-hydrogen) atoms. The van der Waals surface area contributed by atoms with E-state index in [4.69, 9.17) is 10.2 Å². The molecule has 7 heteroatoms. The Balaban J connectivity index is 2.11. The summed E-state index contributed by atoms with van der Waals surface area (Å²) in [6.07, 6.45) is 0. The Hall–Kier alpha value is -1.86. The number of aryl methyl sites for hydroxylation is 2. The van der Waals surface area contributed by atoms with E-state index in [1.54, 1.807) is 13.8 Å². The molecule has 0 aliphatic rings. The summed E-state index contributed by atoms with van der Waals surface area (Å²) in [6.45, 7) is 3.60. The van der Waals surface area contributed by atoms with Crippen molar-refractivity contribution in [3.05, 3.63) is 41.6 Å². The van der Waals surface area contributed by atoms with Gasteiger partial charge in [-0.05, 0) is 38.1 Å². The van der Waals surface area contributed by atoms with Gasteiger partial charge in [0.15, 0.2) is 0 Å². The summed E-state index contributed by atoms with van der Waals surface area (Å²) in [5.41, 5.74) is 6.78. The fourth-order valence-electron chi connectivity index (χ4n) is 1.50. The molecule has 0 fully saturated rings.